The molecule has 0 aromatic heterocycles. The first-order valence-corrected chi connectivity index (χ1v) is 2.36. The van der Waals surface area contributed by atoms with Gasteiger partial charge in [-0.05, 0) is 0 Å². The van der Waals surface area contributed by atoms with Gasteiger partial charge < -0.3 is 0 Å². The van der Waals surface area contributed by atoms with Crippen molar-refractivity contribution in [1.82, 2.24) is 0 Å². The van der Waals surface area contributed by atoms with Crippen molar-refractivity contribution in [3.8, 4) is 0 Å². The molecule has 0 saturated heterocycles. The van der Waals surface area contributed by atoms with Crippen molar-refractivity contribution in [2.24, 2.45) is 0 Å². The summed E-state index contributed by atoms with van der Waals surface area (Å²) in [6.07, 6.45) is 0. The molecule has 20 valence electrons. The molecular weight excluding hydrogens is 159 g/mol. The van der Waals surface area contributed by atoms with E-state index in [9.17, 15) is 0 Å². The number of rotatable bonds is 0. The fourth-order valence-corrected chi connectivity index (χ4v) is 0. The zero-order valence-corrected chi connectivity index (χ0v) is 5.23. The molecule has 0 bridgehead atoms. The van der Waals surface area contributed by atoms with Gasteiger partial charge in [0.05, 0.1) is 0 Å². The SMILES string of the molecule is O=[C](O)[In]. The van der Waals surface area contributed by atoms with Crippen LogP contribution < -0.4 is 0 Å². The minimum absolute atomic E-state index is 0.318. The Bertz CT molecular complexity index is 29.0. The summed E-state index contributed by atoms with van der Waals surface area (Å²) in [5, 5.41) is 7.47. The van der Waals surface area contributed by atoms with Gasteiger partial charge in [-0.25, -0.2) is 0 Å². The molecule has 0 aliphatic rings. The molecule has 2 radical (unpaired) electrons. The summed E-state index contributed by atoms with van der Waals surface area (Å²) in [4.78, 5) is 9.06. The molecule has 0 heterocycles. The summed E-state index contributed by atoms with van der Waals surface area (Å²) in [5.41, 5.74) is 0. The topological polar surface area (TPSA) is 37.3 Å². The predicted molar refractivity (Wildman–Crippen MR) is 13.8 cm³/mol. The van der Waals surface area contributed by atoms with E-state index in [0.717, 1.165) is 0 Å². The Morgan fingerprint density at radius 3 is 2.00 bits per heavy atom. The second-order valence-electron chi connectivity index (χ2n) is 0.338. The first-order valence-electron chi connectivity index (χ1n) is 0.716. The molecule has 0 aliphatic carbocycles. The van der Waals surface area contributed by atoms with Crippen LogP contribution in [0.1, 0.15) is 0 Å². The van der Waals surface area contributed by atoms with Crippen molar-refractivity contribution in [2.75, 3.05) is 0 Å². The molecule has 0 fully saturated rings. The Morgan fingerprint density at radius 2 is 2.00 bits per heavy atom. The second-order valence-corrected chi connectivity index (χ2v) is 1.75. The third-order valence-electron chi connectivity index (χ3n) is 0. The van der Waals surface area contributed by atoms with Crippen LogP contribution >= 0.6 is 0 Å². The third kappa shape index (κ3) is 36.3. The summed E-state index contributed by atoms with van der Waals surface area (Å²) in [6, 6.07) is 0. The van der Waals surface area contributed by atoms with Crippen molar-refractivity contribution < 1.29 is 9.90 Å². The summed E-state index contributed by atoms with van der Waals surface area (Å²) >= 11 is 0.318. The maximum absolute atomic E-state index is 9.06. The van der Waals surface area contributed by atoms with Gasteiger partial charge in [-0.3, -0.25) is 0 Å². The summed E-state index contributed by atoms with van der Waals surface area (Å²) in [5.74, 6) is 0. The third-order valence-corrected chi connectivity index (χ3v) is 0. The van der Waals surface area contributed by atoms with Crippen LogP contribution in [-0.2, 0) is 0 Å². The van der Waals surface area contributed by atoms with Crippen molar-refractivity contribution in [2.45, 2.75) is 0 Å². The first kappa shape index (κ1) is 4.34. The molecule has 0 unspecified atom stereocenters. The van der Waals surface area contributed by atoms with E-state index in [0.29, 0.717) is 24.4 Å². The van der Waals surface area contributed by atoms with Crippen molar-refractivity contribution in [1.29, 1.82) is 0 Å². The summed E-state index contributed by atoms with van der Waals surface area (Å²) in [6.45, 7) is 0. The van der Waals surface area contributed by atoms with Gasteiger partial charge in [-0.15, -0.1) is 0 Å². The van der Waals surface area contributed by atoms with Gasteiger partial charge in [0.1, 0.15) is 0 Å². The van der Waals surface area contributed by atoms with Crippen LogP contribution in [0.5, 0.6) is 0 Å². The summed E-state index contributed by atoms with van der Waals surface area (Å²) in [7, 11) is 0. The summed E-state index contributed by atoms with van der Waals surface area (Å²) < 4.78 is -0.703. The molecule has 0 aromatic rings. The van der Waals surface area contributed by atoms with E-state index in [4.69, 9.17) is 9.90 Å². The van der Waals surface area contributed by atoms with Gasteiger partial charge in [0.25, 0.3) is 0 Å². The van der Waals surface area contributed by atoms with Crippen LogP contribution in [0.25, 0.3) is 0 Å². The molecule has 3 heteroatoms. The van der Waals surface area contributed by atoms with Gasteiger partial charge in [0.2, 0.25) is 0 Å². The fourth-order valence-electron chi connectivity index (χ4n) is 0. The van der Waals surface area contributed by atoms with Gasteiger partial charge >= 0.3 is 38.0 Å². The molecule has 0 atom stereocenters. The van der Waals surface area contributed by atoms with Crippen LogP contribution in [0, 0.1) is 0 Å². The van der Waals surface area contributed by atoms with Crippen LogP contribution in [-0.4, -0.2) is 33.2 Å². The second kappa shape index (κ2) is 1.64. The van der Waals surface area contributed by atoms with Crippen LogP contribution in [0.2, 0.25) is 0 Å². The average molecular weight is 160 g/mol. The Kier molecular flexibility index (Phi) is 1.78. The maximum atomic E-state index is 9.06. The average Bonchev–Trinajstić information content (AvgIpc) is 0.811. The Morgan fingerprint density at radius 1 is 2.00 bits per heavy atom. The van der Waals surface area contributed by atoms with Crippen molar-refractivity contribution in [3.63, 3.8) is 0 Å². The normalized spacial score (nSPS) is 6.00. The molecule has 0 rings (SSSR count). The molecule has 2 nitrogen and oxygen atoms in total. The van der Waals surface area contributed by atoms with E-state index in [1.807, 2.05) is 0 Å². The first-order chi connectivity index (χ1) is 1.73. The van der Waals surface area contributed by atoms with Crippen LogP contribution in [0.15, 0.2) is 0 Å². The quantitative estimate of drug-likeness (QED) is 0.534. The monoisotopic (exact) mass is 160 g/mol. The number of hydrogen-bond donors (Lipinski definition) is 1. The molecule has 0 spiro atoms. The van der Waals surface area contributed by atoms with E-state index in [-0.39, 0.29) is 0 Å². The fraction of sp³-hybridized carbons (Fsp3) is 0. The molecular formula is CHInO2. The van der Waals surface area contributed by atoms with Gasteiger partial charge in [-0.1, -0.05) is 0 Å². The zero-order chi connectivity index (χ0) is 3.58. The standard InChI is InChI=1S/CHO2.In/c2-1-3;/h(H,2,3);. The van der Waals surface area contributed by atoms with Gasteiger partial charge in [-0.2, -0.15) is 0 Å². The molecule has 0 saturated carbocycles. The number of carboxylic acid groups (broad SMARTS) is 1. The number of hydrogen-bond acceptors (Lipinski definition) is 1. The van der Waals surface area contributed by atoms with E-state index < -0.39 is 3.73 Å². The Balaban J connectivity index is 2.80. The van der Waals surface area contributed by atoms with E-state index in [2.05, 4.69) is 0 Å². The van der Waals surface area contributed by atoms with Gasteiger partial charge in [0, 0.05) is 0 Å². The number of carbonyl (C=O) groups is 1. The zero-order valence-electron chi connectivity index (χ0n) is 1.93. The van der Waals surface area contributed by atoms with Crippen LogP contribution in [0.3, 0.4) is 0 Å². The van der Waals surface area contributed by atoms with Crippen molar-refractivity contribution in [3.05, 3.63) is 0 Å². The van der Waals surface area contributed by atoms with E-state index in [1.165, 1.54) is 0 Å². The Hall–Kier alpha value is 0.340. The Labute approximate surface area is 38.4 Å². The van der Waals surface area contributed by atoms with E-state index in [1.54, 1.807) is 0 Å². The van der Waals surface area contributed by atoms with Gasteiger partial charge in [0.15, 0.2) is 0 Å². The molecule has 4 heavy (non-hydrogen) atoms. The predicted octanol–water partition coefficient (Wildman–Crippen LogP) is -0.167. The molecule has 0 aliphatic heterocycles. The van der Waals surface area contributed by atoms with Crippen molar-refractivity contribution >= 4 is 28.1 Å². The molecule has 1 N–H and O–H groups in total. The van der Waals surface area contributed by atoms with E-state index >= 15 is 0 Å². The molecule has 0 amide bonds. The molecule has 0 aromatic carbocycles. The minimum atomic E-state index is -0.703. The van der Waals surface area contributed by atoms with Crippen LogP contribution in [0.4, 0.5) is 4.79 Å².